The Kier molecular flexibility index (Phi) is 2.49. The standard InChI is InChI=1S/C8H15N3S/c1-5(9)6-10-11-7(12-6)8(2,3)4/h5H,9H2,1-4H3/t5-/m0/s1. The van der Waals surface area contributed by atoms with Gasteiger partial charge in [-0.1, -0.05) is 32.1 Å². The molecule has 0 aliphatic heterocycles. The third kappa shape index (κ3) is 2.01. The Hall–Kier alpha value is -0.480. The summed E-state index contributed by atoms with van der Waals surface area (Å²) < 4.78 is 0. The van der Waals surface area contributed by atoms with E-state index in [1.165, 1.54) is 0 Å². The van der Waals surface area contributed by atoms with E-state index < -0.39 is 0 Å². The van der Waals surface area contributed by atoms with Crippen molar-refractivity contribution in [2.24, 2.45) is 5.73 Å². The summed E-state index contributed by atoms with van der Waals surface area (Å²) in [7, 11) is 0. The predicted molar refractivity (Wildman–Crippen MR) is 51.2 cm³/mol. The van der Waals surface area contributed by atoms with E-state index in [1.807, 2.05) is 6.92 Å². The molecule has 0 unspecified atom stereocenters. The molecule has 0 radical (unpaired) electrons. The monoisotopic (exact) mass is 185 g/mol. The van der Waals surface area contributed by atoms with Gasteiger partial charge in [-0.05, 0) is 6.92 Å². The average molecular weight is 185 g/mol. The quantitative estimate of drug-likeness (QED) is 0.726. The molecule has 4 heteroatoms. The molecule has 0 saturated carbocycles. The molecule has 1 heterocycles. The van der Waals surface area contributed by atoms with Crippen LogP contribution in [0.3, 0.4) is 0 Å². The van der Waals surface area contributed by atoms with Crippen LogP contribution < -0.4 is 5.73 Å². The van der Waals surface area contributed by atoms with Gasteiger partial charge in [-0.3, -0.25) is 0 Å². The van der Waals surface area contributed by atoms with E-state index in [0.717, 1.165) is 10.0 Å². The van der Waals surface area contributed by atoms with Gasteiger partial charge in [-0.15, -0.1) is 10.2 Å². The zero-order valence-corrected chi connectivity index (χ0v) is 8.77. The SMILES string of the molecule is C[C@H](N)c1nnc(C(C)(C)C)s1. The minimum atomic E-state index is -0.00130. The van der Waals surface area contributed by atoms with E-state index in [-0.39, 0.29) is 11.5 Å². The number of rotatable bonds is 1. The van der Waals surface area contributed by atoms with Crippen LogP contribution in [0.25, 0.3) is 0 Å². The van der Waals surface area contributed by atoms with Crippen LogP contribution in [0.4, 0.5) is 0 Å². The molecule has 0 spiro atoms. The molecule has 0 aromatic carbocycles. The smallest absolute Gasteiger partial charge is 0.133 e. The lowest BCUT2D eigenvalue weighted by Gasteiger charge is -2.12. The molecular formula is C8H15N3S. The second-order valence-electron chi connectivity index (χ2n) is 3.98. The van der Waals surface area contributed by atoms with E-state index in [2.05, 4.69) is 31.0 Å². The third-order valence-corrected chi connectivity index (χ3v) is 3.02. The fraction of sp³-hybridized carbons (Fsp3) is 0.750. The molecule has 1 aromatic heterocycles. The summed E-state index contributed by atoms with van der Waals surface area (Å²) in [6.07, 6.45) is 0. The lowest BCUT2D eigenvalue weighted by atomic mass is 9.98. The van der Waals surface area contributed by atoms with E-state index in [9.17, 15) is 0 Å². The third-order valence-electron chi connectivity index (χ3n) is 1.47. The van der Waals surface area contributed by atoms with Gasteiger partial charge in [-0.2, -0.15) is 0 Å². The summed E-state index contributed by atoms with van der Waals surface area (Å²) in [5.41, 5.74) is 5.77. The second-order valence-corrected chi connectivity index (χ2v) is 4.99. The highest BCUT2D eigenvalue weighted by atomic mass is 32.1. The highest BCUT2D eigenvalue weighted by Gasteiger charge is 2.19. The van der Waals surface area contributed by atoms with Crippen LogP contribution in [0.2, 0.25) is 0 Å². The van der Waals surface area contributed by atoms with E-state index in [4.69, 9.17) is 5.73 Å². The predicted octanol–water partition coefficient (Wildman–Crippen LogP) is 1.86. The summed E-state index contributed by atoms with van der Waals surface area (Å²) in [6, 6.07) is -0.00130. The van der Waals surface area contributed by atoms with Crippen molar-refractivity contribution in [2.75, 3.05) is 0 Å². The summed E-state index contributed by atoms with van der Waals surface area (Å²) in [5.74, 6) is 0. The van der Waals surface area contributed by atoms with Crippen LogP contribution in [0.15, 0.2) is 0 Å². The first-order valence-electron chi connectivity index (χ1n) is 4.00. The Balaban J connectivity index is 2.92. The Morgan fingerprint density at radius 3 is 2.17 bits per heavy atom. The number of hydrogen-bond donors (Lipinski definition) is 1. The molecule has 12 heavy (non-hydrogen) atoms. The van der Waals surface area contributed by atoms with Crippen LogP contribution in [-0.2, 0) is 5.41 Å². The van der Waals surface area contributed by atoms with Crippen molar-refractivity contribution in [2.45, 2.75) is 39.2 Å². The molecule has 1 aromatic rings. The fourth-order valence-corrected chi connectivity index (χ4v) is 1.58. The van der Waals surface area contributed by atoms with E-state index in [1.54, 1.807) is 11.3 Å². The molecule has 0 aliphatic carbocycles. The van der Waals surface area contributed by atoms with Gasteiger partial charge in [0, 0.05) is 5.41 Å². The van der Waals surface area contributed by atoms with Crippen molar-refractivity contribution in [3.63, 3.8) is 0 Å². The van der Waals surface area contributed by atoms with Crippen LogP contribution in [0, 0.1) is 0 Å². The molecule has 0 aliphatic rings. The molecule has 68 valence electrons. The van der Waals surface area contributed by atoms with Crippen molar-refractivity contribution in [1.29, 1.82) is 0 Å². The van der Waals surface area contributed by atoms with Crippen LogP contribution in [-0.4, -0.2) is 10.2 Å². The van der Waals surface area contributed by atoms with Gasteiger partial charge in [0.05, 0.1) is 6.04 Å². The molecule has 0 fully saturated rings. The van der Waals surface area contributed by atoms with Crippen LogP contribution >= 0.6 is 11.3 Å². The van der Waals surface area contributed by atoms with Crippen molar-refractivity contribution >= 4 is 11.3 Å². The lowest BCUT2D eigenvalue weighted by Crippen LogP contribution is -2.10. The average Bonchev–Trinajstić information content (AvgIpc) is 2.30. The van der Waals surface area contributed by atoms with Gasteiger partial charge in [0.15, 0.2) is 0 Å². The van der Waals surface area contributed by atoms with Crippen LogP contribution in [0.1, 0.15) is 43.8 Å². The first kappa shape index (κ1) is 9.61. The maximum Gasteiger partial charge on any atom is 0.133 e. The van der Waals surface area contributed by atoms with Gasteiger partial charge < -0.3 is 5.73 Å². The van der Waals surface area contributed by atoms with Crippen molar-refractivity contribution in [3.8, 4) is 0 Å². The summed E-state index contributed by atoms with van der Waals surface area (Å²) in [5, 5.41) is 10.1. The summed E-state index contributed by atoms with van der Waals surface area (Å²) >= 11 is 1.60. The molecule has 1 atom stereocenters. The molecule has 0 amide bonds. The van der Waals surface area contributed by atoms with Gasteiger partial charge >= 0.3 is 0 Å². The zero-order valence-electron chi connectivity index (χ0n) is 7.96. The largest absolute Gasteiger partial charge is 0.322 e. The Morgan fingerprint density at radius 1 is 1.33 bits per heavy atom. The van der Waals surface area contributed by atoms with E-state index >= 15 is 0 Å². The van der Waals surface area contributed by atoms with Gasteiger partial charge in [-0.25, -0.2) is 0 Å². The first-order valence-corrected chi connectivity index (χ1v) is 4.82. The number of aromatic nitrogens is 2. The van der Waals surface area contributed by atoms with Crippen LogP contribution in [0.5, 0.6) is 0 Å². The van der Waals surface area contributed by atoms with Gasteiger partial charge in [0.2, 0.25) is 0 Å². The maximum atomic E-state index is 5.68. The van der Waals surface area contributed by atoms with Gasteiger partial charge in [0.25, 0.3) is 0 Å². The lowest BCUT2D eigenvalue weighted by molar-refractivity contribution is 0.577. The fourth-order valence-electron chi connectivity index (χ4n) is 0.722. The van der Waals surface area contributed by atoms with Crippen molar-refractivity contribution < 1.29 is 0 Å². The number of nitrogens with two attached hydrogens (primary N) is 1. The van der Waals surface area contributed by atoms with Crippen molar-refractivity contribution in [3.05, 3.63) is 10.0 Å². The number of nitrogens with zero attached hydrogens (tertiary/aromatic N) is 2. The molecule has 0 bridgehead atoms. The Morgan fingerprint density at radius 2 is 1.92 bits per heavy atom. The Labute approximate surface area is 77.0 Å². The minimum Gasteiger partial charge on any atom is -0.322 e. The summed E-state index contributed by atoms with van der Waals surface area (Å²) in [6.45, 7) is 8.29. The molecule has 0 saturated heterocycles. The molecular weight excluding hydrogens is 170 g/mol. The zero-order chi connectivity index (χ0) is 9.35. The second kappa shape index (κ2) is 3.11. The van der Waals surface area contributed by atoms with Gasteiger partial charge in [0.1, 0.15) is 10.0 Å². The van der Waals surface area contributed by atoms with Crippen molar-refractivity contribution in [1.82, 2.24) is 10.2 Å². The molecule has 1 rings (SSSR count). The first-order chi connectivity index (χ1) is 5.41. The number of hydrogen-bond acceptors (Lipinski definition) is 4. The maximum absolute atomic E-state index is 5.68. The Bertz CT molecular complexity index is 260. The van der Waals surface area contributed by atoms with E-state index in [0.29, 0.717) is 0 Å². The normalized spacial score (nSPS) is 14.8. The summed E-state index contributed by atoms with van der Waals surface area (Å²) in [4.78, 5) is 0. The molecule has 2 N–H and O–H groups in total. The topological polar surface area (TPSA) is 51.8 Å². The minimum absolute atomic E-state index is 0.00130. The highest BCUT2D eigenvalue weighted by molar-refractivity contribution is 7.11. The molecule has 3 nitrogen and oxygen atoms in total. The highest BCUT2D eigenvalue weighted by Crippen LogP contribution is 2.26.